The fraction of sp³-hybridized carbons (Fsp3) is 0.312. The summed E-state index contributed by atoms with van der Waals surface area (Å²) in [5, 5.41) is 10.3. The van der Waals surface area contributed by atoms with E-state index in [-0.39, 0.29) is 17.9 Å². The molecule has 1 aromatic rings. The van der Waals surface area contributed by atoms with Crippen LogP contribution in [0.1, 0.15) is 31.6 Å². The molecule has 7 nitrogen and oxygen atoms in total. The van der Waals surface area contributed by atoms with Gasteiger partial charge in [-0.1, -0.05) is 13.3 Å². The van der Waals surface area contributed by atoms with Crippen molar-refractivity contribution in [1.29, 1.82) is 0 Å². The lowest BCUT2D eigenvalue weighted by Gasteiger charge is -2.16. The fourth-order valence-corrected chi connectivity index (χ4v) is 1.91. The summed E-state index contributed by atoms with van der Waals surface area (Å²) >= 11 is 0. The van der Waals surface area contributed by atoms with Crippen molar-refractivity contribution in [3.05, 3.63) is 48.1 Å². The molecule has 1 aliphatic rings. The van der Waals surface area contributed by atoms with E-state index in [1.54, 1.807) is 6.07 Å². The molecular weight excluding hydrogens is 302 g/mol. The number of rotatable bonds is 7. The van der Waals surface area contributed by atoms with E-state index in [0.29, 0.717) is 6.42 Å². The monoisotopic (exact) mass is 319 g/mol. The Labute approximate surface area is 132 Å². The fourth-order valence-electron chi connectivity index (χ4n) is 1.91. The van der Waals surface area contributed by atoms with Gasteiger partial charge in [0.15, 0.2) is 0 Å². The molecule has 23 heavy (non-hydrogen) atoms. The van der Waals surface area contributed by atoms with Crippen LogP contribution in [0.4, 0.5) is 0 Å². The second kappa shape index (κ2) is 7.55. The van der Waals surface area contributed by atoms with Crippen molar-refractivity contribution in [1.82, 2.24) is 4.90 Å². The van der Waals surface area contributed by atoms with E-state index in [0.717, 1.165) is 29.7 Å². The van der Waals surface area contributed by atoms with Gasteiger partial charge in [-0.3, -0.25) is 9.59 Å². The van der Waals surface area contributed by atoms with Gasteiger partial charge in [-0.2, -0.15) is 0 Å². The van der Waals surface area contributed by atoms with Crippen molar-refractivity contribution in [3.8, 4) is 0 Å². The number of amides is 2. The van der Waals surface area contributed by atoms with Gasteiger partial charge >= 0.3 is 5.97 Å². The standard InChI is InChI=1S/C16H17NO6/c1-2-3-8-23-16(21)11(15(20)12-5-4-9-22-12)10-17-13(18)6-7-14(17)19/h4-7,9-10,15,20H,2-3,8H2,1H3. The molecule has 0 radical (unpaired) electrons. The number of nitrogens with zero attached hydrogens (tertiary/aromatic N) is 1. The van der Waals surface area contributed by atoms with E-state index in [9.17, 15) is 19.5 Å². The predicted molar refractivity (Wildman–Crippen MR) is 78.6 cm³/mol. The number of hydrogen-bond donors (Lipinski definition) is 1. The molecule has 1 N–H and O–H groups in total. The lowest BCUT2D eigenvalue weighted by Crippen LogP contribution is -2.27. The van der Waals surface area contributed by atoms with E-state index in [1.165, 1.54) is 12.3 Å². The second-order valence-electron chi connectivity index (χ2n) is 4.87. The van der Waals surface area contributed by atoms with Gasteiger partial charge in [0, 0.05) is 18.4 Å². The third kappa shape index (κ3) is 3.95. The summed E-state index contributed by atoms with van der Waals surface area (Å²) < 4.78 is 10.1. The van der Waals surface area contributed by atoms with Crippen LogP contribution in [-0.2, 0) is 19.1 Å². The zero-order valence-corrected chi connectivity index (χ0v) is 12.6. The highest BCUT2D eigenvalue weighted by Crippen LogP contribution is 2.24. The Morgan fingerprint density at radius 2 is 2.09 bits per heavy atom. The largest absolute Gasteiger partial charge is 0.466 e. The molecule has 1 aromatic heterocycles. The first-order chi connectivity index (χ1) is 11.0. The number of furan rings is 1. The quantitative estimate of drug-likeness (QED) is 0.354. The molecule has 0 saturated heterocycles. The average molecular weight is 319 g/mol. The molecule has 2 amide bonds. The molecule has 1 aliphatic heterocycles. The van der Waals surface area contributed by atoms with Gasteiger partial charge in [-0.05, 0) is 18.6 Å². The summed E-state index contributed by atoms with van der Waals surface area (Å²) in [7, 11) is 0. The highest BCUT2D eigenvalue weighted by molar-refractivity contribution is 6.14. The van der Waals surface area contributed by atoms with Crippen LogP contribution >= 0.6 is 0 Å². The predicted octanol–water partition coefficient (Wildman–Crippen LogP) is 1.47. The van der Waals surface area contributed by atoms with Gasteiger partial charge in [0.25, 0.3) is 11.8 Å². The number of imide groups is 1. The Bertz CT molecular complexity index is 626. The smallest absolute Gasteiger partial charge is 0.338 e. The summed E-state index contributed by atoms with van der Waals surface area (Å²) in [6, 6.07) is 3.02. The van der Waals surface area contributed by atoms with Gasteiger partial charge in [0.05, 0.1) is 18.4 Å². The molecule has 2 rings (SSSR count). The van der Waals surface area contributed by atoms with Crippen LogP contribution in [0, 0.1) is 0 Å². The van der Waals surface area contributed by atoms with Gasteiger partial charge < -0.3 is 14.3 Å². The van der Waals surface area contributed by atoms with Crippen LogP contribution in [-0.4, -0.2) is 34.4 Å². The van der Waals surface area contributed by atoms with E-state index in [4.69, 9.17) is 9.15 Å². The SMILES string of the molecule is CCCCOC(=O)C(=CN1C(=O)C=CC1=O)C(O)c1ccco1. The summed E-state index contributed by atoms with van der Waals surface area (Å²) in [5.74, 6) is -1.90. The van der Waals surface area contributed by atoms with Crippen molar-refractivity contribution in [2.24, 2.45) is 0 Å². The average Bonchev–Trinajstić information content (AvgIpc) is 3.16. The number of aliphatic hydroxyl groups excluding tert-OH is 1. The zero-order valence-electron chi connectivity index (χ0n) is 12.6. The maximum Gasteiger partial charge on any atom is 0.338 e. The van der Waals surface area contributed by atoms with Crippen LogP contribution in [0.15, 0.2) is 46.7 Å². The van der Waals surface area contributed by atoms with Gasteiger partial charge in [0.1, 0.15) is 11.9 Å². The highest BCUT2D eigenvalue weighted by Gasteiger charge is 2.29. The first-order valence-electron chi connectivity index (χ1n) is 7.20. The van der Waals surface area contributed by atoms with Crippen LogP contribution < -0.4 is 0 Å². The minimum atomic E-state index is -1.44. The van der Waals surface area contributed by atoms with Crippen molar-refractivity contribution >= 4 is 17.8 Å². The summed E-state index contributed by atoms with van der Waals surface area (Å²) in [6.45, 7) is 2.12. The Morgan fingerprint density at radius 3 is 2.65 bits per heavy atom. The van der Waals surface area contributed by atoms with Crippen LogP contribution in [0.3, 0.4) is 0 Å². The molecule has 0 aromatic carbocycles. The number of carbonyl (C=O) groups excluding carboxylic acids is 3. The maximum absolute atomic E-state index is 12.2. The molecule has 0 bridgehead atoms. The normalized spacial score (nSPS) is 16.1. The van der Waals surface area contributed by atoms with Crippen molar-refractivity contribution in [3.63, 3.8) is 0 Å². The van der Waals surface area contributed by atoms with E-state index < -0.39 is 23.9 Å². The van der Waals surface area contributed by atoms with Crippen molar-refractivity contribution in [2.45, 2.75) is 25.9 Å². The van der Waals surface area contributed by atoms with Crippen LogP contribution in [0.25, 0.3) is 0 Å². The summed E-state index contributed by atoms with van der Waals surface area (Å²) in [6.07, 6.45) is 4.55. The Balaban J connectivity index is 2.25. The second-order valence-corrected chi connectivity index (χ2v) is 4.87. The molecule has 0 spiro atoms. The number of carbonyl (C=O) groups is 3. The molecule has 0 saturated carbocycles. The third-order valence-corrected chi connectivity index (χ3v) is 3.19. The Hall–Kier alpha value is -2.67. The molecular formula is C16H17NO6. The lowest BCUT2D eigenvalue weighted by molar-refractivity contribution is -0.140. The molecule has 1 atom stereocenters. The molecule has 122 valence electrons. The zero-order chi connectivity index (χ0) is 16.8. The lowest BCUT2D eigenvalue weighted by atomic mass is 10.1. The summed E-state index contributed by atoms with van der Waals surface area (Å²) in [4.78, 5) is 36.2. The molecule has 2 heterocycles. The molecule has 7 heteroatoms. The maximum atomic E-state index is 12.2. The van der Waals surface area contributed by atoms with Crippen LogP contribution in [0.5, 0.6) is 0 Å². The first kappa shape index (κ1) is 16.7. The Morgan fingerprint density at radius 1 is 1.39 bits per heavy atom. The number of aliphatic hydroxyl groups is 1. The number of ether oxygens (including phenoxy) is 1. The van der Waals surface area contributed by atoms with Crippen LogP contribution in [0.2, 0.25) is 0 Å². The number of unbranched alkanes of at least 4 members (excludes halogenated alkanes) is 1. The van der Waals surface area contributed by atoms with E-state index in [2.05, 4.69) is 0 Å². The van der Waals surface area contributed by atoms with Gasteiger partial charge in [0.2, 0.25) is 0 Å². The minimum Gasteiger partial charge on any atom is -0.466 e. The number of esters is 1. The molecule has 0 aliphatic carbocycles. The third-order valence-electron chi connectivity index (χ3n) is 3.19. The van der Waals surface area contributed by atoms with E-state index in [1.807, 2.05) is 6.92 Å². The highest BCUT2D eigenvalue weighted by atomic mass is 16.5. The minimum absolute atomic E-state index is 0.107. The molecule has 0 fully saturated rings. The number of hydrogen-bond acceptors (Lipinski definition) is 6. The molecule has 1 unspecified atom stereocenters. The van der Waals surface area contributed by atoms with Gasteiger partial charge in [-0.25, -0.2) is 9.69 Å². The Kier molecular flexibility index (Phi) is 5.48. The first-order valence-corrected chi connectivity index (χ1v) is 7.20. The summed E-state index contributed by atoms with van der Waals surface area (Å²) in [5.41, 5.74) is -0.249. The van der Waals surface area contributed by atoms with Gasteiger partial charge in [-0.15, -0.1) is 0 Å². The topological polar surface area (TPSA) is 97.0 Å². The van der Waals surface area contributed by atoms with E-state index >= 15 is 0 Å². The van der Waals surface area contributed by atoms with Crippen molar-refractivity contribution < 1.29 is 28.6 Å². The van der Waals surface area contributed by atoms with Crippen molar-refractivity contribution in [2.75, 3.05) is 6.61 Å².